The summed E-state index contributed by atoms with van der Waals surface area (Å²) >= 11 is 3.55. The van der Waals surface area contributed by atoms with Crippen LogP contribution in [0.1, 0.15) is 53.5 Å². The fourth-order valence-corrected chi connectivity index (χ4v) is 3.95. The first-order chi connectivity index (χ1) is 13.2. The smallest absolute Gasteiger partial charge is 0.410 e. The van der Waals surface area contributed by atoms with Gasteiger partial charge in [-0.3, -0.25) is 4.79 Å². The molecule has 1 aliphatic rings. The van der Waals surface area contributed by atoms with Gasteiger partial charge in [-0.2, -0.15) is 0 Å². The van der Waals surface area contributed by atoms with E-state index in [2.05, 4.69) is 15.9 Å². The molecule has 162 valence electrons. The lowest BCUT2D eigenvalue weighted by molar-refractivity contribution is -0.161. The average molecular weight is 469 g/mol. The molecule has 2 atom stereocenters. The molecule has 0 unspecified atom stereocenters. The molecule has 6 nitrogen and oxygen atoms in total. The second kappa shape index (κ2) is 8.94. The fourth-order valence-electron chi connectivity index (χ4n) is 3.39. The molecule has 0 radical (unpaired) electrons. The number of nitrogens with two attached hydrogens (primary N) is 1. The lowest BCUT2D eigenvalue weighted by atomic mass is 9.86. The van der Waals surface area contributed by atoms with Gasteiger partial charge in [0.2, 0.25) is 0 Å². The van der Waals surface area contributed by atoms with Crippen molar-refractivity contribution in [2.24, 2.45) is 11.8 Å². The predicted molar refractivity (Wildman–Crippen MR) is 118 cm³/mol. The highest BCUT2D eigenvalue weighted by molar-refractivity contribution is 9.10. The van der Waals surface area contributed by atoms with Crippen molar-refractivity contribution in [3.63, 3.8) is 0 Å². The summed E-state index contributed by atoms with van der Waals surface area (Å²) in [6.45, 7) is 12.2. The van der Waals surface area contributed by atoms with E-state index in [4.69, 9.17) is 15.2 Å². The molecule has 0 spiro atoms. The maximum Gasteiger partial charge on any atom is 0.410 e. The van der Waals surface area contributed by atoms with Crippen LogP contribution in [0.25, 0.3) is 0 Å². The number of likely N-dealkylation sites (tertiary alicyclic amines) is 1. The van der Waals surface area contributed by atoms with Crippen molar-refractivity contribution in [3.8, 4) is 0 Å². The van der Waals surface area contributed by atoms with Gasteiger partial charge >= 0.3 is 12.1 Å². The van der Waals surface area contributed by atoms with E-state index < -0.39 is 11.2 Å². The minimum absolute atomic E-state index is 0.00169. The van der Waals surface area contributed by atoms with Crippen LogP contribution >= 0.6 is 15.9 Å². The lowest BCUT2D eigenvalue weighted by Crippen LogP contribution is -2.38. The summed E-state index contributed by atoms with van der Waals surface area (Å²) in [5, 5.41) is 0. The van der Waals surface area contributed by atoms with Crippen molar-refractivity contribution in [1.29, 1.82) is 0 Å². The summed E-state index contributed by atoms with van der Waals surface area (Å²) in [4.78, 5) is 27.2. The number of nitrogens with zero attached hydrogens (tertiary/aromatic N) is 1. The van der Waals surface area contributed by atoms with E-state index in [0.717, 1.165) is 16.5 Å². The van der Waals surface area contributed by atoms with E-state index in [1.54, 1.807) is 4.90 Å². The van der Waals surface area contributed by atoms with E-state index in [9.17, 15) is 9.59 Å². The number of esters is 1. The minimum atomic E-state index is -0.572. The van der Waals surface area contributed by atoms with Crippen LogP contribution in [-0.4, -0.2) is 41.3 Å². The first-order valence-electron chi connectivity index (χ1n) is 10.00. The number of hydrogen-bond acceptors (Lipinski definition) is 5. The Bertz CT molecular complexity index is 752. The van der Waals surface area contributed by atoms with Crippen molar-refractivity contribution in [2.45, 2.75) is 65.6 Å². The molecule has 1 fully saturated rings. The van der Waals surface area contributed by atoms with Crippen molar-refractivity contribution >= 4 is 33.7 Å². The molecule has 1 aliphatic heterocycles. The molecule has 0 aliphatic carbocycles. The van der Waals surface area contributed by atoms with Gasteiger partial charge in [0.15, 0.2) is 0 Å². The number of carbonyl (C=O) groups is 2. The zero-order valence-electron chi connectivity index (χ0n) is 18.3. The van der Waals surface area contributed by atoms with Crippen molar-refractivity contribution in [2.75, 3.05) is 18.8 Å². The summed E-state index contributed by atoms with van der Waals surface area (Å²) in [7, 11) is 0. The van der Waals surface area contributed by atoms with Crippen LogP contribution in [0.5, 0.6) is 0 Å². The zero-order valence-corrected chi connectivity index (χ0v) is 19.8. The molecular weight excluding hydrogens is 436 g/mol. The van der Waals surface area contributed by atoms with Gasteiger partial charge in [0, 0.05) is 23.2 Å². The molecule has 0 aromatic heterocycles. The fraction of sp³-hybridized carbons (Fsp3) is 0.636. The van der Waals surface area contributed by atoms with Crippen LogP contribution in [0.2, 0.25) is 0 Å². The van der Waals surface area contributed by atoms with Crippen molar-refractivity contribution in [1.82, 2.24) is 4.90 Å². The van der Waals surface area contributed by atoms with Gasteiger partial charge in [-0.15, -0.1) is 0 Å². The maximum absolute atomic E-state index is 13.0. The normalized spacial score (nSPS) is 18.4. The van der Waals surface area contributed by atoms with Gasteiger partial charge < -0.3 is 20.1 Å². The quantitative estimate of drug-likeness (QED) is 0.507. The largest absolute Gasteiger partial charge is 0.460 e. The number of hydrogen-bond donors (Lipinski definition) is 1. The highest BCUT2D eigenvalue weighted by Crippen LogP contribution is 2.32. The standard InChI is InChI=1S/C22H33BrN2O4/c1-21(2,3)28-19(26)17(11-14-7-8-16(24)12-18(14)23)15-9-10-25(13-15)20(27)29-22(4,5)6/h7-8,12,15,17H,9-11,13,24H2,1-6H3/t15-,17-/m0/s1. The van der Waals surface area contributed by atoms with Gasteiger partial charge in [0.25, 0.3) is 0 Å². The number of benzene rings is 1. The molecule has 1 saturated heterocycles. The molecule has 2 rings (SSSR count). The average Bonchev–Trinajstić information content (AvgIpc) is 3.00. The number of carbonyl (C=O) groups excluding carboxylic acids is 2. The topological polar surface area (TPSA) is 81.9 Å². The molecule has 1 heterocycles. The molecule has 1 amide bonds. The van der Waals surface area contributed by atoms with Crippen LogP contribution in [-0.2, 0) is 20.7 Å². The molecule has 7 heteroatoms. The van der Waals surface area contributed by atoms with Crippen LogP contribution in [0.4, 0.5) is 10.5 Å². The summed E-state index contributed by atoms with van der Waals surface area (Å²) in [6.07, 6.45) is 0.912. The molecular formula is C22H33BrN2O4. The Labute approximate surface area is 182 Å². The Morgan fingerprint density at radius 1 is 1.17 bits per heavy atom. The Balaban J connectivity index is 2.19. The Morgan fingerprint density at radius 2 is 1.79 bits per heavy atom. The first kappa shape index (κ1) is 23.5. The van der Waals surface area contributed by atoms with Gasteiger partial charge in [-0.25, -0.2) is 4.79 Å². The zero-order chi connectivity index (χ0) is 22.0. The number of ether oxygens (including phenoxy) is 2. The number of halogens is 1. The highest BCUT2D eigenvalue weighted by Gasteiger charge is 2.39. The summed E-state index contributed by atoms with van der Waals surface area (Å²) in [5.74, 6) is -0.597. The second-order valence-electron chi connectivity index (χ2n) is 9.67. The van der Waals surface area contributed by atoms with E-state index in [1.807, 2.05) is 59.7 Å². The SMILES string of the molecule is CC(C)(C)OC(=O)[C@@H](Cc1ccc(N)cc1Br)[C@H]1CCN(C(=O)OC(C)(C)C)C1. The predicted octanol–water partition coefficient (Wildman–Crippen LogP) is 4.79. The lowest BCUT2D eigenvalue weighted by Gasteiger charge is -2.28. The van der Waals surface area contributed by atoms with Crippen LogP contribution in [0.3, 0.4) is 0 Å². The van der Waals surface area contributed by atoms with Gasteiger partial charge in [0.1, 0.15) is 11.2 Å². The summed E-state index contributed by atoms with van der Waals surface area (Å²) in [5.41, 5.74) is 6.38. The van der Waals surface area contributed by atoms with E-state index in [1.165, 1.54) is 0 Å². The molecule has 2 N–H and O–H groups in total. The van der Waals surface area contributed by atoms with Crippen LogP contribution in [0.15, 0.2) is 22.7 Å². The monoisotopic (exact) mass is 468 g/mol. The van der Waals surface area contributed by atoms with E-state index in [0.29, 0.717) is 25.2 Å². The van der Waals surface area contributed by atoms with E-state index >= 15 is 0 Å². The molecule has 0 bridgehead atoms. The molecule has 1 aromatic carbocycles. The Kier molecular flexibility index (Phi) is 7.25. The van der Waals surface area contributed by atoms with Gasteiger partial charge in [-0.1, -0.05) is 22.0 Å². The Morgan fingerprint density at radius 3 is 2.34 bits per heavy atom. The van der Waals surface area contributed by atoms with E-state index in [-0.39, 0.29) is 23.9 Å². The molecule has 1 aromatic rings. The van der Waals surface area contributed by atoms with Crippen LogP contribution < -0.4 is 5.73 Å². The number of nitrogen functional groups attached to an aromatic ring is 1. The maximum atomic E-state index is 13.0. The minimum Gasteiger partial charge on any atom is -0.460 e. The summed E-state index contributed by atoms with van der Waals surface area (Å²) in [6, 6.07) is 5.59. The number of anilines is 1. The summed E-state index contributed by atoms with van der Waals surface area (Å²) < 4.78 is 12.1. The van der Waals surface area contributed by atoms with Gasteiger partial charge in [0.05, 0.1) is 5.92 Å². The molecule has 0 saturated carbocycles. The third-order valence-corrected chi connectivity index (χ3v) is 5.41. The number of amides is 1. The first-order valence-corrected chi connectivity index (χ1v) is 10.8. The van der Waals surface area contributed by atoms with Gasteiger partial charge in [-0.05, 0) is 78.0 Å². The third-order valence-electron chi connectivity index (χ3n) is 4.67. The highest BCUT2D eigenvalue weighted by atomic mass is 79.9. The Hall–Kier alpha value is -1.76. The number of rotatable bonds is 4. The van der Waals surface area contributed by atoms with Crippen molar-refractivity contribution in [3.05, 3.63) is 28.2 Å². The second-order valence-corrected chi connectivity index (χ2v) is 10.5. The third kappa shape index (κ3) is 7.21. The van der Waals surface area contributed by atoms with Crippen LogP contribution in [0, 0.1) is 11.8 Å². The van der Waals surface area contributed by atoms with Crippen molar-refractivity contribution < 1.29 is 19.1 Å². The molecule has 29 heavy (non-hydrogen) atoms.